The second-order valence-electron chi connectivity index (χ2n) is 2.51. The average Bonchev–Trinajstić information content (AvgIpc) is 2.18. The molecule has 0 unspecified atom stereocenters. The van der Waals surface area contributed by atoms with Crippen LogP contribution in [0.25, 0.3) is 11.4 Å². The summed E-state index contributed by atoms with van der Waals surface area (Å²) in [4.78, 5) is 24.6. The normalized spacial score (nSPS) is 10.1. The summed E-state index contributed by atoms with van der Waals surface area (Å²) in [6.07, 6.45) is 3.18. The van der Waals surface area contributed by atoms with Gasteiger partial charge in [-0.15, -0.1) is 0 Å². The Bertz CT molecular complexity index is 496. The van der Waals surface area contributed by atoms with Crippen molar-refractivity contribution in [3.63, 3.8) is 0 Å². The van der Waals surface area contributed by atoms with Gasteiger partial charge in [-0.2, -0.15) is 9.97 Å². The molecule has 0 fully saturated rings. The summed E-state index contributed by atoms with van der Waals surface area (Å²) in [5.74, 6) is 0.270. The molecule has 0 radical (unpaired) electrons. The fraction of sp³-hybridized carbons (Fsp3) is 0. The van der Waals surface area contributed by atoms with Crippen molar-refractivity contribution in [3.05, 3.63) is 40.3 Å². The average molecular weight is 209 g/mol. The van der Waals surface area contributed by atoms with E-state index < -0.39 is 5.69 Å². The Balaban J connectivity index is 2.58. The number of nitrogens with one attached hydrogen (secondary N) is 1. The monoisotopic (exact) mass is 208 g/mol. The highest BCUT2D eigenvalue weighted by molar-refractivity contribution is 6.28. The first-order chi connectivity index (χ1) is 6.75. The van der Waals surface area contributed by atoms with Gasteiger partial charge in [-0.05, 0) is 23.7 Å². The highest BCUT2D eigenvalue weighted by Crippen LogP contribution is 2.11. The third-order valence-corrected chi connectivity index (χ3v) is 1.72. The number of hydrogen-bond acceptors (Lipinski definition) is 4. The van der Waals surface area contributed by atoms with Gasteiger partial charge in [-0.1, -0.05) is 0 Å². The van der Waals surface area contributed by atoms with Crippen LogP contribution in [0, 0.1) is 0 Å². The molecule has 0 aliphatic heterocycles. The van der Waals surface area contributed by atoms with Crippen molar-refractivity contribution in [1.82, 2.24) is 19.9 Å². The van der Waals surface area contributed by atoms with E-state index in [1.165, 1.54) is 0 Å². The van der Waals surface area contributed by atoms with Crippen molar-refractivity contribution >= 4 is 11.6 Å². The van der Waals surface area contributed by atoms with E-state index >= 15 is 0 Å². The summed E-state index contributed by atoms with van der Waals surface area (Å²) in [5, 5.41) is 0.0175. The molecule has 0 atom stereocenters. The first-order valence-electron chi connectivity index (χ1n) is 3.80. The Hall–Kier alpha value is -1.75. The number of hydrogen-bond donors (Lipinski definition) is 1. The van der Waals surface area contributed by atoms with E-state index in [0.717, 1.165) is 0 Å². The molecule has 70 valence electrons. The second-order valence-corrected chi connectivity index (χ2v) is 2.87. The predicted molar refractivity (Wildman–Crippen MR) is 50.9 cm³/mol. The molecule has 0 aromatic carbocycles. The summed E-state index contributed by atoms with van der Waals surface area (Å²) in [6.45, 7) is 0. The SMILES string of the molecule is O=c1nc(-c2cccnc2)nc(Cl)[nH]1. The highest BCUT2D eigenvalue weighted by atomic mass is 35.5. The van der Waals surface area contributed by atoms with Crippen molar-refractivity contribution in [3.8, 4) is 11.4 Å². The van der Waals surface area contributed by atoms with Crippen LogP contribution in [0.1, 0.15) is 0 Å². The fourth-order valence-electron chi connectivity index (χ4n) is 0.982. The van der Waals surface area contributed by atoms with Gasteiger partial charge in [-0.3, -0.25) is 9.97 Å². The Labute approximate surface area is 83.8 Å². The van der Waals surface area contributed by atoms with Crippen LogP contribution in [-0.2, 0) is 0 Å². The standard InChI is InChI=1S/C8H5ClN4O/c9-7-11-6(12-8(14)13-7)5-2-1-3-10-4-5/h1-4H,(H,11,12,13,14). The van der Waals surface area contributed by atoms with Gasteiger partial charge >= 0.3 is 5.69 Å². The number of halogens is 1. The number of aromatic amines is 1. The van der Waals surface area contributed by atoms with Gasteiger partial charge in [0.1, 0.15) is 0 Å². The first kappa shape index (κ1) is 8.83. The number of nitrogens with zero attached hydrogens (tertiary/aromatic N) is 3. The van der Waals surface area contributed by atoms with Gasteiger partial charge < -0.3 is 0 Å². The lowest BCUT2D eigenvalue weighted by Crippen LogP contribution is -2.12. The Kier molecular flexibility index (Phi) is 2.24. The molecule has 0 spiro atoms. The maximum absolute atomic E-state index is 11.0. The van der Waals surface area contributed by atoms with E-state index in [9.17, 15) is 4.79 Å². The lowest BCUT2D eigenvalue weighted by Gasteiger charge is -1.97. The van der Waals surface area contributed by atoms with E-state index in [1.807, 2.05) is 0 Å². The van der Waals surface area contributed by atoms with Crippen LogP contribution >= 0.6 is 11.6 Å². The van der Waals surface area contributed by atoms with Crippen molar-refractivity contribution < 1.29 is 0 Å². The number of H-pyrrole nitrogens is 1. The molecule has 14 heavy (non-hydrogen) atoms. The molecule has 0 saturated carbocycles. The lowest BCUT2D eigenvalue weighted by molar-refractivity contribution is 0.993. The zero-order valence-corrected chi connectivity index (χ0v) is 7.69. The first-order valence-corrected chi connectivity index (χ1v) is 4.18. The second kappa shape index (κ2) is 3.55. The largest absolute Gasteiger partial charge is 0.349 e. The summed E-state index contributed by atoms with van der Waals surface area (Å²) in [6, 6.07) is 3.48. The number of pyridine rings is 1. The lowest BCUT2D eigenvalue weighted by atomic mass is 10.3. The minimum Gasteiger partial charge on any atom is -0.280 e. The molecule has 5 nitrogen and oxygen atoms in total. The van der Waals surface area contributed by atoms with Gasteiger partial charge in [0.25, 0.3) is 0 Å². The molecule has 0 aliphatic carbocycles. The Morgan fingerprint density at radius 1 is 1.36 bits per heavy atom. The molecule has 2 heterocycles. The van der Waals surface area contributed by atoms with Crippen LogP contribution in [-0.4, -0.2) is 19.9 Å². The third-order valence-electron chi connectivity index (χ3n) is 1.54. The molecule has 0 amide bonds. The van der Waals surface area contributed by atoms with Gasteiger partial charge in [0.15, 0.2) is 5.82 Å². The highest BCUT2D eigenvalue weighted by Gasteiger charge is 2.03. The molecular weight excluding hydrogens is 204 g/mol. The molecule has 0 bridgehead atoms. The van der Waals surface area contributed by atoms with Crippen molar-refractivity contribution in [2.24, 2.45) is 0 Å². The fourth-order valence-corrected chi connectivity index (χ4v) is 1.14. The number of aromatic nitrogens is 4. The van der Waals surface area contributed by atoms with Crippen molar-refractivity contribution in [1.29, 1.82) is 0 Å². The van der Waals surface area contributed by atoms with Crippen LogP contribution in [0.2, 0.25) is 5.28 Å². The number of rotatable bonds is 1. The van der Waals surface area contributed by atoms with E-state index in [1.54, 1.807) is 24.5 Å². The molecule has 2 aromatic heterocycles. The van der Waals surface area contributed by atoms with E-state index in [0.29, 0.717) is 5.56 Å². The van der Waals surface area contributed by atoms with Crippen molar-refractivity contribution in [2.75, 3.05) is 0 Å². The summed E-state index contributed by atoms with van der Waals surface area (Å²) in [7, 11) is 0. The van der Waals surface area contributed by atoms with E-state index in [4.69, 9.17) is 11.6 Å². The topological polar surface area (TPSA) is 71.5 Å². The molecular formula is C8H5ClN4O. The Morgan fingerprint density at radius 3 is 2.86 bits per heavy atom. The van der Waals surface area contributed by atoms with Crippen LogP contribution in [0.3, 0.4) is 0 Å². The summed E-state index contributed by atoms with van der Waals surface area (Å²) >= 11 is 5.57. The van der Waals surface area contributed by atoms with Gasteiger partial charge in [0.2, 0.25) is 5.28 Å². The molecule has 2 aromatic rings. The van der Waals surface area contributed by atoms with Gasteiger partial charge in [0.05, 0.1) is 0 Å². The molecule has 0 aliphatic rings. The smallest absolute Gasteiger partial charge is 0.280 e. The van der Waals surface area contributed by atoms with E-state index in [-0.39, 0.29) is 11.1 Å². The van der Waals surface area contributed by atoms with Gasteiger partial charge in [0, 0.05) is 18.0 Å². The predicted octanol–water partition coefficient (Wildman–Crippen LogP) is 0.880. The zero-order valence-electron chi connectivity index (χ0n) is 6.94. The maximum Gasteiger partial charge on any atom is 0.349 e. The molecule has 6 heteroatoms. The third kappa shape index (κ3) is 1.77. The van der Waals surface area contributed by atoms with Crippen LogP contribution in [0.4, 0.5) is 0 Å². The van der Waals surface area contributed by atoms with Crippen LogP contribution < -0.4 is 5.69 Å². The van der Waals surface area contributed by atoms with Crippen LogP contribution in [0.5, 0.6) is 0 Å². The van der Waals surface area contributed by atoms with Gasteiger partial charge in [-0.25, -0.2) is 4.79 Å². The quantitative estimate of drug-likeness (QED) is 0.755. The molecule has 0 saturated heterocycles. The molecule has 2 rings (SSSR count). The Morgan fingerprint density at radius 2 is 2.21 bits per heavy atom. The van der Waals surface area contributed by atoms with Crippen LogP contribution in [0.15, 0.2) is 29.3 Å². The summed E-state index contributed by atoms with van der Waals surface area (Å²) < 4.78 is 0. The van der Waals surface area contributed by atoms with E-state index in [2.05, 4.69) is 19.9 Å². The molecule has 1 N–H and O–H groups in total. The minimum atomic E-state index is -0.524. The summed E-state index contributed by atoms with van der Waals surface area (Å²) in [5.41, 5.74) is 0.129. The zero-order chi connectivity index (χ0) is 9.97. The van der Waals surface area contributed by atoms with Crippen molar-refractivity contribution in [2.45, 2.75) is 0 Å². The maximum atomic E-state index is 11.0. The minimum absolute atomic E-state index is 0.0175.